The number of carbonyl (C=O) groups is 1. The van der Waals surface area contributed by atoms with Crippen LogP contribution in [0, 0.1) is 5.82 Å². The Morgan fingerprint density at radius 2 is 1.78 bits per heavy atom. The average Bonchev–Trinajstić information content (AvgIpc) is 2.54. The standard InChI is InChI=1S/C19H22FNO2/c1-4-17(23-18-12-8-6-10-15(18)20)19(22)21-16-11-7-5-9-14(16)13(2)3/h5-13,17H,4H2,1-3H3,(H,21,22). The monoisotopic (exact) mass is 315 g/mol. The Morgan fingerprint density at radius 1 is 1.13 bits per heavy atom. The number of rotatable bonds is 6. The number of nitrogens with one attached hydrogen (secondary N) is 1. The third kappa shape index (κ3) is 4.31. The lowest BCUT2D eigenvalue weighted by molar-refractivity contribution is -0.122. The van der Waals surface area contributed by atoms with E-state index in [2.05, 4.69) is 19.2 Å². The molecule has 0 aliphatic heterocycles. The second kappa shape index (κ2) is 7.77. The third-order valence-corrected chi connectivity index (χ3v) is 3.61. The van der Waals surface area contributed by atoms with Gasteiger partial charge in [0.25, 0.3) is 5.91 Å². The second-order valence-electron chi connectivity index (χ2n) is 5.68. The molecule has 1 N–H and O–H groups in total. The van der Waals surface area contributed by atoms with Crippen LogP contribution in [0.1, 0.15) is 38.7 Å². The molecule has 0 radical (unpaired) electrons. The minimum Gasteiger partial charge on any atom is -0.478 e. The largest absolute Gasteiger partial charge is 0.478 e. The van der Waals surface area contributed by atoms with Crippen molar-refractivity contribution in [2.75, 3.05) is 5.32 Å². The Bertz CT molecular complexity index is 670. The summed E-state index contributed by atoms with van der Waals surface area (Å²) in [6.45, 7) is 5.97. The topological polar surface area (TPSA) is 38.3 Å². The quantitative estimate of drug-likeness (QED) is 0.835. The molecule has 4 heteroatoms. The molecule has 23 heavy (non-hydrogen) atoms. The first-order valence-electron chi connectivity index (χ1n) is 7.84. The maximum absolute atomic E-state index is 13.7. The number of ether oxygens (including phenoxy) is 1. The van der Waals surface area contributed by atoms with Gasteiger partial charge in [-0.1, -0.05) is 51.1 Å². The van der Waals surface area contributed by atoms with Gasteiger partial charge < -0.3 is 10.1 Å². The van der Waals surface area contributed by atoms with Crippen molar-refractivity contribution in [3.63, 3.8) is 0 Å². The van der Waals surface area contributed by atoms with Crippen LogP contribution in [0.5, 0.6) is 5.75 Å². The van der Waals surface area contributed by atoms with E-state index in [1.54, 1.807) is 12.1 Å². The zero-order valence-electron chi connectivity index (χ0n) is 13.7. The highest BCUT2D eigenvalue weighted by Gasteiger charge is 2.21. The zero-order chi connectivity index (χ0) is 16.8. The summed E-state index contributed by atoms with van der Waals surface area (Å²) in [6, 6.07) is 13.8. The number of para-hydroxylation sites is 2. The minimum atomic E-state index is -0.743. The van der Waals surface area contributed by atoms with Crippen molar-refractivity contribution >= 4 is 11.6 Å². The van der Waals surface area contributed by atoms with E-state index in [9.17, 15) is 9.18 Å². The molecule has 3 nitrogen and oxygen atoms in total. The fourth-order valence-corrected chi connectivity index (χ4v) is 2.34. The van der Waals surface area contributed by atoms with Crippen LogP contribution in [0.3, 0.4) is 0 Å². The predicted molar refractivity (Wildman–Crippen MR) is 90.3 cm³/mol. The van der Waals surface area contributed by atoms with Crippen molar-refractivity contribution in [3.8, 4) is 5.75 Å². The van der Waals surface area contributed by atoms with Gasteiger partial charge in [-0.2, -0.15) is 0 Å². The number of anilines is 1. The van der Waals surface area contributed by atoms with Crippen molar-refractivity contribution in [3.05, 3.63) is 59.9 Å². The fourth-order valence-electron chi connectivity index (χ4n) is 2.34. The van der Waals surface area contributed by atoms with Gasteiger partial charge in [-0.25, -0.2) is 4.39 Å². The number of carbonyl (C=O) groups excluding carboxylic acids is 1. The molecule has 0 saturated heterocycles. The Morgan fingerprint density at radius 3 is 2.43 bits per heavy atom. The van der Waals surface area contributed by atoms with E-state index in [1.165, 1.54) is 12.1 Å². The normalized spacial score (nSPS) is 12.0. The van der Waals surface area contributed by atoms with E-state index >= 15 is 0 Å². The first-order chi connectivity index (χ1) is 11.0. The number of halogens is 1. The van der Waals surface area contributed by atoms with E-state index in [1.807, 2.05) is 31.2 Å². The van der Waals surface area contributed by atoms with Crippen LogP contribution in [-0.4, -0.2) is 12.0 Å². The Labute approximate surface area is 136 Å². The molecule has 0 aliphatic rings. The number of benzene rings is 2. The molecule has 1 atom stereocenters. The summed E-state index contributed by atoms with van der Waals surface area (Å²) in [5.41, 5.74) is 1.82. The van der Waals surface area contributed by atoms with Gasteiger partial charge in [0.1, 0.15) is 0 Å². The third-order valence-electron chi connectivity index (χ3n) is 3.61. The van der Waals surface area contributed by atoms with Crippen LogP contribution in [0.2, 0.25) is 0 Å². The highest BCUT2D eigenvalue weighted by Crippen LogP contribution is 2.24. The lowest BCUT2D eigenvalue weighted by Crippen LogP contribution is -2.33. The summed E-state index contributed by atoms with van der Waals surface area (Å²) in [7, 11) is 0. The number of amides is 1. The summed E-state index contributed by atoms with van der Waals surface area (Å²) in [5.74, 6) is -0.365. The Kier molecular flexibility index (Phi) is 5.74. The molecule has 1 amide bonds. The molecule has 0 bridgehead atoms. The van der Waals surface area contributed by atoms with E-state index in [0.29, 0.717) is 12.3 Å². The number of hydrogen-bond acceptors (Lipinski definition) is 2. The highest BCUT2D eigenvalue weighted by atomic mass is 19.1. The summed E-state index contributed by atoms with van der Waals surface area (Å²) < 4.78 is 19.2. The van der Waals surface area contributed by atoms with Gasteiger partial charge in [0.15, 0.2) is 17.7 Å². The molecule has 2 aromatic rings. The summed E-state index contributed by atoms with van der Waals surface area (Å²) >= 11 is 0. The van der Waals surface area contributed by atoms with Crippen molar-refractivity contribution in [2.24, 2.45) is 0 Å². The van der Waals surface area contributed by atoms with E-state index in [4.69, 9.17) is 4.74 Å². The van der Waals surface area contributed by atoms with Crippen LogP contribution in [0.15, 0.2) is 48.5 Å². The van der Waals surface area contributed by atoms with Crippen molar-refractivity contribution < 1.29 is 13.9 Å². The molecule has 0 aliphatic carbocycles. The lowest BCUT2D eigenvalue weighted by atomic mass is 10.0. The second-order valence-corrected chi connectivity index (χ2v) is 5.68. The van der Waals surface area contributed by atoms with Crippen LogP contribution < -0.4 is 10.1 Å². The Balaban J connectivity index is 2.14. The van der Waals surface area contributed by atoms with Gasteiger partial charge in [0, 0.05) is 5.69 Å². The molecule has 2 aromatic carbocycles. The average molecular weight is 315 g/mol. The lowest BCUT2D eigenvalue weighted by Gasteiger charge is -2.19. The van der Waals surface area contributed by atoms with Gasteiger partial charge in [0.2, 0.25) is 0 Å². The molecule has 1 unspecified atom stereocenters. The molecule has 0 saturated carbocycles. The van der Waals surface area contributed by atoms with Crippen LogP contribution in [-0.2, 0) is 4.79 Å². The van der Waals surface area contributed by atoms with Gasteiger partial charge in [-0.3, -0.25) is 4.79 Å². The summed E-state index contributed by atoms with van der Waals surface area (Å²) in [6.07, 6.45) is -0.295. The van der Waals surface area contributed by atoms with Crippen LogP contribution in [0.4, 0.5) is 10.1 Å². The molecule has 0 aromatic heterocycles. The number of hydrogen-bond donors (Lipinski definition) is 1. The maximum atomic E-state index is 13.7. The molecular formula is C19H22FNO2. The summed E-state index contributed by atoms with van der Waals surface area (Å²) in [5, 5.41) is 2.90. The van der Waals surface area contributed by atoms with Gasteiger partial charge >= 0.3 is 0 Å². The first kappa shape index (κ1) is 17.0. The highest BCUT2D eigenvalue weighted by molar-refractivity contribution is 5.95. The van der Waals surface area contributed by atoms with E-state index in [0.717, 1.165) is 11.3 Å². The SMILES string of the molecule is CCC(Oc1ccccc1F)C(=O)Nc1ccccc1C(C)C. The first-order valence-corrected chi connectivity index (χ1v) is 7.84. The zero-order valence-corrected chi connectivity index (χ0v) is 13.7. The predicted octanol–water partition coefficient (Wildman–Crippen LogP) is 4.75. The molecule has 2 rings (SSSR count). The van der Waals surface area contributed by atoms with Crippen molar-refractivity contribution in [2.45, 2.75) is 39.2 Å². The smallest absolute Gasteiger partial charge is 0.265 e. The van der Waals surface area contributed by atoms with Crippen LogP contribution >= 0.6 is 0 Å². The molecule has 0 fully saturated rings. The Hall–Kier alpha value is -2.36. The molecule has 0 heterocycles. The van der Waals surface area contributed by atoms with Crippen molar-refractivity contribution in [1.82, 2.24) is 0 Å². The fraction of sp³-hybridized carbons (Fsp3) is 0.316. The summed E-state index contributed by atoms with van der Waals surface area (Å²) in [4.78, 5) is 12.5. The molecule has 122 valence electrons. The van der Waals surface area contributed by atoms with Crippen molar-refractivity contribution in [1.29, 1.82) is 0 Å². The maximum Gasteiger partial charge on any atom is 0.265 e. The van der Waals surface area contributed by atoms with Crippen LogP contribution in [0.25, 0.3) is 0 Å². The van der Waals surface area contributed by atoms with Gasteiger partial charge in [-0.05, 0) is 36.1 Å². The van der Waals surface area contributed by atoms with Gasteiger partial charge in [0.05, 0.1) is 0 Å². The van der Waals surface area contributed by atoms with E-state index < -0.39 is 11.9 Å². The van der Waals surface area contributed by atoms with E-state index in [-0.39, 0.29) is 11.7 Å². The van der Waals surface area contributed by atoms with Gasteiger partial charge in [-0.15, -0.1) is 0 Å². The molecule has 0 spiro atoms. The molecular weight excluding hydrogens is 293 g/mol. The minimum absolute atomic E-state index is 0.0895.